The summed E-state index contributed by atoms with van der Waals surface area (Å²) >= 11 is 7.55. The molecule has 0 bridgehead atoms. The van der Waals surface area contributed by atoms with Crippen molar-refractivity contribution in [3.8, 4) is 0 Å². The number of fused-ring (bicyclic) bond motifs is 1. The molecule has 0 unspecified atom stereocenters. The van der Waals surface area contributed by atoms with Gasteiger partial charge in [0.05, 0.1) is 11.2 Å². The monoisotopic (exact) mass is 318 g/mol. The van der Waals surface area contributed by atoms with E-state index in [-0.39, 0.29) is 10.7 Å². The van der Waals surface area contributed by atoms with Crippen LogP contribution in [-0.2, 0) is 5.41 Å². The first kappa shape index (κ1) is 14.2. The molecule has 0 aliphatic carbocycles. The average Bonchev–Trinajstić information content (AvgIpc) is 2.87. The molecule has 3 aromatic rings. The van der Waals surface area contributed by atoms with Gasteiger partial charge >= 0.3 is 0 Å². The Morgan fingerprint density at radius 3 is 2.57 bits per heavy atom. The van der Waals surface area contributed by atoms with Crippen molar-refractivity contribution in [2.45, 2.75) is 26.2 Å². The van der Waals surface area contributed by atoms with E-state index in [0.29, 0.717) is 5.82 Å². The Morgan fingerprint density at radius 2 is 1.86 bits per heavy atom. The Morgan fingerprint density at radius 1 is 1.10 bits per heavy atom. The minimum absolute atomic E-state index is 0.0296. The smallest absolute Gasteiger partial charge is 0.224 e. The third-order valence-electron chi connectivity index (χ3n) is 3.07. The Hall–Kier alpha value is -1.72. The van der Waals surface area contributed by atoms with Crippen molar-refractivity contribution in [1.82, 2.24) is 15.0 Å². The maximum absolute atomic E-state index is 5.99. The fraction of sp³-hybridized carbons (Fsp3) is 0.267. The molecule has 1 N–H and O–H groups in total. The average molecular weight is 319 g/mol. The molecule has 6 heteroatoms. The van der Waals surface area contributed by atoms with Crippen molar-refractivity contribution in [3.63, 3.8) is 0 Å². The van der Waals surface area contributed by atoms with Crippen molar-refractivity contribution in [2.24, 2.45) is 0 Å². The lowest BCUT2D eigenvalue weighted by molar-refractivity contribution is 0.573. The Labute approximate surface area is 132 Å². The summed E-state index contributed by atoms with van der Waals surface area (Å²) in [5, 5.41) is 7.27. The van der Waals surface area contributed by atoms with Crippen molar-refractivity contribution < 1.29 is 0 Å². The third-order valence-corrected chi connectivity index (χ3v) is 4.00. The van der Waals surface area contributed by atoms with Crippen molar-refractivity contribution in [3.05, 3.63) is 40.6 Å². The van der Waals surface area contributed by atoms with Gasteiger partial charge in [0.15, 0.2) is 5.13 Å². The van der Waals surface area contributed by atoms with Crippen LogP contribution in [0.15, 0.2) is 29.6 Å². The van der Waals surface area contributed by atoms with Crippen LogP contribution in [0.1, 0.15) is 26.5 Å². The number of hydrogen-bond acceptors (Lipinski definition) is 5. The van der Waals surface area contributed by atoms with Crippen LogP contribution in [0.5, 0.6) is 0 Å². The first-order chi connectivity index (χ1) is 9.93. The SMILES string of the molecule is CC(C)(C)c1csc(Nc2nc(Cl)nc3ccccc23)n1. The molecule has 4 nitrogen and oxygen atoms in total. The molecule has 0 atom stereocenters. The summed E-state index contributed by atoms with van der Waals surface area (Å²) in [7, 11) is 0. The van der Waals surface area contributed by atoms with Crippen LogP contribution in [0.4, 0.5) is 10.9 Å². The summed E-state index contributed by atoms with van der Waals surface area (Å²) in [4.78, 5) is 13.1. The van der Waals surface area contributed by atoms with Gasteiger partial charge in [0.1, 0.15) is 5.82 Å². The summed E-state index contributed by atoms with van der Waals surface area (Å²) in [5.74, 6) is 0.681. The number of halogens is 1. The maximum Gasteiger partial charge on any atom is 0.224 e. The molecule has 0 amide bonds. The molecule has 0 saturated heterocycles. The molecule has 0 saturated carbocycles. The van der Waals surface area contributed by atoms with Gasteiger partial charge in [-0.25, -0.2) is 9.97 Å². The summed E-state index contributed by atoms with van der Waals surface area (Å²) < 4.78 is 0. The second-order valence-corrected chi connectivity index (χ2v) is 6.97. The van der Waals surface area contributed by atoms with Crippen molar-refractivity contribution in [2.75, 3.05) is 5.32 Å². The Kier molecular flexibility index (Phi) is 3.55. The molecule has 2 heterocycles. The van der Waals surface area contributed by atoms with Gasteiger partial charge in [-0.2, -0.15) is 4.98 Å². The molecule has 108 valence electrons. The van der Waals surface area contributed by atoms with Gasteiger partial charge in [-0.3, -0.25) is 0 Å². The Bertz CT molecular complexity index is 792. The standard InChI is InChI=1S/C15H15ClN4S/c1-15(2,3)11-8-21-14(18-11)20-12-9-6-4-5-7-10(9)17-13(16)19-12/h4-8H,1-3H3,(H,17,18,19,20). The summed E-state index contributed by atoms with van der Waals surface area (Å²) in [6.45, 7) is 6.42. The first-order valence-electron chi connectivity index (χ1n) is 6.59. The number of aromatic nitrogens is 3. The van der Waals surface area contributed by atoms with Crippen LogP contribution in [0.3, 0.4) is 0 Å². The number of thiazole rings is 1. The van der Waals surface area contributed by atoms with Gasteiger partial charge in [0.2, 0.25) is 5.28 Å². The Balaban J connectivity index is 2.00. The van der Waals surface area contributed by atoms with E-state index < -0.39 is 0 Å². The topological polar surface area (TPSA) is 50.7 Å². The molecular weight excluding hydrogens is 304 g/mol. The highest BCUT2D eigenvalue weighted by Crippen LogP contribution is 2.30. The van der Waals surface area contributed by atoms with Crippen molar-refractivity contribution in [1.29, 1.82) is 0 Å². The molecular formula is C15H15ClN4S. The highest BCUT2D eigenvalue weighted by molar-refractivity contribution is 7.13. The first-order valence-corrected chi connectivity index (χ1v) is 7.84. The lowest BCUT2D eigenvalue weighted by Gasteiger charge is -2.14. The minimum atomic E-state index is 0.0296. The molecule has 1 aromatic carbocycles. The van der Waals surface area contributed by atoms with Gasteiger partial charge in [-0.1, -0.05) is 32.9 Å². The number of para-hydroxylation sites is 1. The summed E-state index contributed by atoms with van der Waals surface area (Å²) in [5.41, 5.74) is 1.90. The number of hydrogen-bond donors (Lipinski definition) is 1. The van der Waals surface area contributed by atoms with E-state index in [9.17, 15) is 0 Å². The zero-order valence-electron chi connectivity index (χ0n) is 12.0. The summed E-state index contributed by atoms with van der Waals surface area (Å²) in [6, 6.07) is 7.76. The van der Waals surface area contributed by atoms with E-state index >= 15 is 0 Å². The normalized spacial score (nSPS) is 11.8. The van der Waals surface area contributed by atoms with Crippen LogP contribution >= 0.6 is 22.9 Å². The molecule has 21 heavy (non-hydrogen) atoms. The van der Waals surface area contributed by atoms with E-state index in [4.69, 9.17) is 11.6 Å². The van der Waals surface area contributed by atoms with Crippen LogP contribution < -0.4 is 5.32 Å². The maximum atomic E-state index is 5.99. The fourth-order valence-corrected chi connectivity index (χ4v) is 3.03. The van der Waals surface area contributed by atoms with E-state index in [1.807, 2.05) is 24.3 Å². The highest BCUT2D eigenvalue weighted by Gasteiger charge is 2.18. The third kappa shape index (κ3) is 2.99. The van der Waals surface area contributed by atoms with E-state index in [2.05, 4.69) is 46.4 Å². The molecule has 3 rings (SSSR count). The number of anilines is 2. The minimum Gasteiger partial charge on any atom is -0.316 e. The number of rotatable bonds is 2. The molecule has 0 fully saturated rings. The molecule has 0 aliphatic heterocycles. The van der Waals surface area contributed by atoms with Gasteiger partial charge < -0.3 is 5.32 Å². The number of benzene rings is 1. The zero-order valence-corrected chi connectivity index (χ0v) is 13.6. The quantitative estimate of drug-likeness (QED) is 0.691. The van der Waals surface area contributed by atoms with Crippen molar-refractivity contribution >= 4 is 44.8 Å². The van der Waals surface area contributed by atoms with Gasteiger partial charge in [-0.15, -0.1) is 11.3 Å². The highest BCUT2D eigenvalue weighted by atomic mass is 35.5. The van der Waals surface area contributed by atoms with Crippen LogP contribution in [0, 0.1) is 0 Å². The number of nitrogens with one attached hydrogen (secondary N) is 1. The predicted molar refractivity (Wildman–Crippen MR) is 88.6 cm³/mol. The molecule has 0 aliphatic rings. The second-order valence-electron chi connectivity index (χ2n) is 5.77. The van der Waals surface area contributed by atoms with Gasteiger partial charge in [0.25, 0.3) is 0 Å². The van der Waals surface area contributed by atoms with E-state index in [1.54, 1.807) is 11.3 Å². The largest absolute Gasteiger partial charge is 0.316 e. The van der Waals surface area contributed by atoms with E-state index in [0.717, 1.165) is 21.7 Å². The van der Waals surface area contributed by atoms with E-state index in [1.165, 1.54) is 0 Å². The predicted octanol–water partition coefficient (Wildman–Crippen LogP) is 4.78. The van der Waals surface area contributed by atoms with Gasteiger partial charge in [-0.05, 0) is 23.7 Å². The summed E-state index contributed by atoms with van der Waals surface area (Å²) in [6.07, 6.45) is 0. The molecule has 0 radical (unpaired) electrons. The lowest BCUT2D eigenvalue weighted by atomic mass is 9.93. The van der Waals surface area contributed by atoms with Crippen LogP contribution in [0.25, 0.3) is 10.9 Å². The molecule has 0 spiro atoms. The van der Waals surface area contributed by atoms with Gasteiger partial charge in [0, 0.05) is 16.2 Å². The molecule has 2 aromatic heterocycles. The number of nitrogens with zero attached hydrogens (tertiary/aromatic N) is 3. The zero-order chi connectivity index (χ0) is 15.0. The fourth-order valence-electron chi connectivity index (χ4n) is 1.92. The lowest BCUT2D eigenvalue weighted by Crippen LogP contribution is -2.11. The van der Waals surface area contributed by atoms with Crippen LogP contribution in [0.2, 0.25) is 5.28 Å². The van der Waals surface area contributed by atoms with Crippen LogP contribution in [-0.4, -0.2) is 15.0 Å². The second kappa shape index (κ2) is 5.24.